The van der Waals surface area contributed by atoms with E-state index in [9.17, 15) is 23.5 Å². The molecular formula is C27H37F2N5O3S. The van der Waals surface area contributed by atoms with Gasteiger partial charge in [0.1, 0.15) is 11.5 Å². The van der Waals surface area contributed by atoms with Gasteiger partial charge in [-0.15, -0.1) is 11.3 Å². The topological polar surface area (TPSA) is 107 Å². The number of likely N-dealkylation sites (tertiary alicyclic amines) is 1. The molecule has 1 aliphatic carbocycles. The number of carbonyl (C=O) groups is 2. The van der Waals surface area contributed by atoms with Crippen LogP contribution in [0.15, 0.2) is 12.3 Å². The third-order valence-corrected chi connectivity index (χ3v) is 8.32. The van der Waals surface area contributed by atoms with Crippen molar-refractivity contribution < 1.29 is 23.5 Å². The van der Waals surface area contributed by atoms with Gasteiger partial charge in [-0.25, -0.2) is 18.7 Å². The summed E-state index contributed by atoms with van der Waals surface area (Å²) >= 11 is 0.907. The molecule has 0 bridgehead atoms. The van der Waals surface area contributed by atoms with E-state index < -0.39 is 30.0 Å². The fraction of sp³-hybridized carbons (Fsp3) is 0.630. The van der Waals surface area contributed by atoms with Crippen molar-refractivity contribution in [2.45, 2.75) is 109 Å². The van der Waals surface area contributed by atoms with E-state index in [-0.39, 0.29) is 44.7 Å². The number of aliphatic hydroxyl groups excluding tert-OH is 1. The van der Waals surface area contributed by atoms with Crippen LogP contribution in [0.25, 0.3) is 10.4 Å². The van der Waals surface area contributed by atoms with Crippen molar-refractivity contribution in [3.8, 4) is 10.4 Å². The van der Waals surface area contributed by atoms with E-state index in [1.54, 1.807) is 4.90 Å². The molecule has 0 radical (unpaired) electrons. The number of carbonyl (C=O) groups excluding carboxylic acids is 2. The number of aromatic nitrogens is 2. The van der Waals surface area contributed by atoms with Crippen LogP contribution in [0.3, 0.4) is 0 Å². The minimum absolute atomic E-state index is 0.000502. The van der Waals surface area contributed by atoms with Crippen LogP contribution in [0.5, 0.6) is 0 Å². The first-order chi connectivity index (χ1) is 17.9. The van der Waals surface area contributed by atoms with Gasteiger partial charge in [0.15, 0.2) is 5.01 Å². The summed E-state index contributed by atoms with van der Waals surface area (Å²) in [6.07, 6.45) is 2.34. The number of amides is 2. The van der Waals surface area contributed by atoms with Gasteiger partial charge in [-0.2, -0.15) is 0 Å². The van der Waals surface area contributed by atoms with E-state index in [1.807, 2.05) is 34.6 Å². The Morgan fingerprint density at radius 3 is 2.58 bits per heavy atom. The van der Waals surface area contributed by atoms with E-state index in [0.717, 1.165) is 37.0 Å². The smallest absolute Gasteiger partial charge is 0.280 e. The number of hydrogen-bond acceptors (Lipinski definition) is 7. The van der Waals surface area contributed by atoms with Crippen molar-refractivity contribution in [3.05, 3.63) is 28.5 Å². The van der Waals surface area contributed by atoms with Gasteiger partial charge in [0.05, 0.1) is 17.0 Å². The molecule has 3 N–H and O–H groups in total. The number of halogens is 2. The van der Waals surface area contributed by atoms with Crippen LogP contribution in [-0.2, 0) is 0 Å². The first-order valence-electron chi connectivity index (χ1n) is 13.3. The number of rotatable bonds is 7. The second-order valence-corrected chi connectivity index (χ2v) is 12.3. The Morgan fingerprint density at radius 1 is 1.24 bits per heavy atom. The molecular weight excluding hydrogens is 512 g/mol. The second-order valence-electron chi connectivity index (χ2n) is 11.3. The van der Waals surface area contributed by atoms with E-state index >= 15 is 0 Å². The summed E-state index contributed by atoms with van der Waals surface area (Å²) in [5.41, 5.74) is -0.611. The van der Waals surface area contributed by atoms with Crippen LogP contribution in [0.4, 0.5) is 14.6 Å². The molecule has 2 amide bonds. The van der Waals surface area contributed by atoms with E-state index in [4.69, 9.17) is 0 Å². The largest absolute Gasteiger partial charge is 0.391 e. The number of nitrogens with one attached hydrogen (secondary N) is 2. The second kappa shape index (κ2) is 11.2. The molecule has 11 heteroatoms. The molecule has 2 unspecified atom stereocenters. The third kappa shape index (κ3) is 5.98. The molecule has 3 heterocycles. The predicted molar refractivity (Wildman–Crippen MR) is 144 cm³/mol. The molecule has 0 spiro atoms. The SMILES string of the molecule is CCC1CCC(C)N1C(=O)c1nc(C(=O)N[C@H]2CCC[C@@H]2O)sc1-c1cnc(NC(C)(C)C)cc1C(F)F. The van der Waals surface area contributed by atoms with Crippen molar-refractivity contribution >= 4 is 29.0 Å². The lowest BCUT2D eigenvalue weighted by molar-refractivity contribution is 0.0671. The zero-order valence-electron chi connectivity index (χ0n) is 22.6. The first-order valence-corrected chi connectivity index (χ1v) is 14.1. The molecule has 2 aromatic heterocycles. The lowest BCUT2D eigenvalue weighted by Gasteiger charge is -2.27. The molecule has 0 aromatic carbocycles. The molecule has 1 saturated heterocycles. The number of hydrogen-bond donors (Lipinski definition) is 3. The Labute approximate surface area is 226 Å². The van der Waals surface area contributed by atoms with E-state index in [0.29, 0.717) is 18.7 Å². The summed E-state index contributed by atoms with van der Waals surface area (Å²) in [4.78, 5) is 37.7. The van der Waals surface area contributed by atoms with Crippen LogP contribution < -0.4 is 10.6 Å². The number of alkyl halides is 2. The first kappa shape index (κ1) is 28.4. The zero-order valence-corrected chi connectivity index (χ0v) is 23.4. The summed E-state index contributed by atoms with van der Waals surface area (Å²) in [5, 5.41) is 16.1. The number of thiazole rings is 1. The molecule has 2 aliphatic rings. The predicted octanol–water partition coefficient (Wildman–Crippen LogP) is 5.40. The van der Waals surface area contributed by atoms with Crippen molar-refractivity contribution in [3.63, 3.8) is 0 Å². The van der Waals surface area contributed by atoms with E-state index in [1.165, 1.54) is 12.3 Å². The van der Waals surface area contributed by atoms with E-state index in [2.05, 4.69) is 20.6 Å². The summed E-state index contributed by atoms with van der Waals surface area (Å²) in [6, 6.07) is 0.877. The molecule has 38 heavy (non-hydrogen) atoms. The highest BCUT2D eigenvalue weighted by Gasteiger charge is 2.38. The molecule has 2 fully saturated rings. The monoisotopic (exact) mass is 549 g/mol. The van der Waals surface area contributed by atoms with Crippen LogP contribution in [0.1, 0.15) is 105 Å². The van der Waals surface area contributed by atoms with Crippen LogP contribution in [-0.4, -0.2) is 61.6 Å². The average molecular weight is 550 g/mol. The highest BCUT2D eigenvalue weighted by molar-refractivity contribution is 7.17. The summed E-state index contributed by atoms with van der Waals surface area (Å²) in [5.74, 6) is -0.605. The minimum atomic E-state index is -2.83. The highest BCUT2D eigenvalue weighted by atomic mass is 32.1. The molecule has 2 aromatic rings. The Kier molecular flexibility index (Phi) is 8.37. The van der Waals surface area contributed by atoms with Crippen molar-refractivity contribution in [1.82, 2.24) is 20.2 Å². The zero-order chi connectivity index (χ0) is 27.8. The van der Waals surface area contributed by atoms with Gasteiger partial charge in [0.25, 0.3) is 18.2 Å². The van der Waals surface area contributed by atoms with Gasteiger partial charge in [0, 0.05) is 34.9 Å². The third-order valence-electron chi connectivity index (χ3n) is 7.23. The fourth-order valence-electron chi connectivity index (χ4n) is 5.34. The molecule has 8 nitrogen and oxygen atoms in total. The fourth-order valence-corrected chi connectivity index (χ4v) is 6.33. The van der Waals surface area contributed by atoms with Gasteiger partial charge in [-0.05, 0) is 72.3 Å². The quantitative estimate of drug-likeness (QED) is 0.427. The van der Waals surface area contributed by atoms with Crippen molar-refractivity contribution in [2.75, 3.05) is 5.32 Å². The Morgan fingerprint density at radius 2 is 1.97 bits per heavy atom. The maximum absolute atomic E-state index is 14.3. The lowest BCUT2D eigenvalue weighted by atomic mass is 10.1. The van der Waals surface area contributed by atoms with Gasteiger partial charge in [0.2, 0.25) is 0 Å². The standard InChI is InChI=1S/C27H37F2N5O3S/c1-6-15-11-10-14(2)34(15)26(37)21-22(38-25(32-21)24(36)31-18-8-7-9-19(18)35)17-13-30-20(33-27(3,4)5)12-16(17)23(28)29/h12-15,18-19,23,35H,6-11H2,1-5H3,(H,30,33)(H,31,36)/t14?,15?,18-,19-/m0/s1. The van der Waals surface area contributed by atoms with Gasteiger partial charge in [-0.1, -0.05) is 6.92 Å². The summed E-state index contributed by atoms with van der Waals surface area (Å²) < 4.78 is 28.7. The Hall–Kier alpha value is -2.66. The Bertz CT molecular complexity index is 1180. The summed E-state index contributed by atoms with van der Waals surface area (Å²) in [7, 11) is 0. The number of aliphatic hydroxyl groups is 1. The molecule has 4 rings (SSSR count). The number of nitrogens with zero attached hydrogens (tertiary/aromatic N) is 3. The van der Waals surface area contributed by atoms with Gasteiger partial charge >= 0.3 is 0 Å². The molecule has 1 aliphatic heterocycles. The van der Waals surface area contributed by atoms with Crippen molar-refractivity contribution in [2.24, 2.45) is 0 Å². The Balaban J connectivity index is 1.79. The molecule has 208 valence electrons. The number of anilines is 1. The molecule has 4 atom stereocenters. The maximum Gasteiger partial charge on any atom is 0.280 e. The minimum Gasteiger partial charge on any atom is -0.391 e. The summed E-state index contributed by atoms with van der Waals surface area (Å²) in [6.45, 7) is 9.68. The van der Waals surface area contributed by atoms with Gasteiger partial charge in [-0.3, -0.25) is 9.59 Å². The van der Waals surface area contributed by atoms with Crippen LogP contribution in [0, 0.1) is 0 Å². The van der Waals surface area contributed by atoms with Crippen LogP contribution in [0.2, 0.25) is 0 Å². The van der Waals surface area contributed by atoms with Gasteiger partial charge < -0.3 is 20.6 Å². The average Bonchev–Trinajstić information content (AvgIpc) is 3.56. The van der Waals surface area contributed by atoms with Crippen molar-refractivity contribution in [1.29, 1.82) is 0 Å². The highest BCUT2D eigenvalue weighted by Crippen LogP contribution is 2.40. The van der Waals surface area contributed by atoms with Crippen LogP contribution >= 0.6 is 11.3 Å². The maximum atomic E-state index is 14.3. The molecule has 1 saturated carbocycles. The normalized spacial score (nSPS) is 23.8. The lowest BCUT2D eigenvalue weighted by Crippen LogP contribution is -2.40. The number of pyridine rings is 1.